The fraction of sp³-hybridized carbons (Fsp3) is 0.533. The molecule has 0 amide bonds. The first kappa shape index (κ1) is 13.1. The number of hydrogen-bond donors (Lipinski definition) is 1. The molecule has 0 radical (unpaired) electrons. The van der Waals surface area contributed by atoms with Crippen molar-refractivity contribution in [3.8, 4) is 5.75 Å². The quantitative estimate of drug-likeness (QED) is 0.831. The van der Waals surface area contributed by atoms with Crippen LogP contribution < -0.4 is 10.1 Å². The third kappa shape index (κ3) is 3.33. The summed E-state index contributed by atoms with van der Waals surface area (Å²) in [7, 11) is 0. The summed E-state index contributed by atoms with van der Waals surface area (Å²) in [6, 6.07) is 7.47. The van der Waals surface area contributed by atoms with E-state index in [4.69, 9.17) is 4.74 Å². The van der Waals surface area contributed by atoms with E-state index in [9.17, 15) is 4.79 Å². The summed E-state index contributed by atoms with van der Waals surface area (Å²) in [6.45, 7) is 4.91. The Labute approximate surface area is 109 Å². The number of hydrogen-bond acceptors (Lipinski definition) is 3. The number of piperidine rings is 1. The van der Waals surface area contributed by atoms with Gasteiger partial charge in [0.25, 0.3) is 0 Å². The second kappa shape index (κ2) is 6.01. The molecule has 0 saturated carbocycles. The second-order valence-corrected chi connectivity index (χ2v) is 5.06. The summed E-state index contributed by atoms with van der Waals surface area (Å²) >= 11 is 0. The molecule has 1 aromatic rings. The molecule has 1 fully saturated rings. The molecule has 2 rings (SSSR count). The van der Waals surface area contributed by atoms with E-state index in [1.807, 2.05) is 38.1 Å². The van der Waals surface area contributed by atoms with E-state index < -0.39 is 0 Å². The first-order chi connectivity index (χ1) is 8.66. The zero-order valence-corrected chi connectivity index (χ0v) is 11.1. The first-order valence-corrected chi connectivity index (χ1v) is 6.71. The number of carbonyl (C=O) groups is 1. The molecule has 0 aliphatic carbocycles. The van der Waals surface area contributed by atoms with Crippen molar-refractivity contribution in [2.75, 3.05) is 6.54 Å². The van der Waals surface area contributed by atoms with Gasteiger partial charge in [-0.25, -0.2) is 0 Å². The van der Waals surface area contributed by atoms with Crippen LogP contribution in [0, 0.1) is 0 Å². The predicted octanol–water partition coefficient (Wildman–Crippen LogP) is 2.80. The number of ether oxygens (including phenoxy) is 1. The Balaban J connectivity index is 2.09. The van der Waals surface area contributed by atoms with Crippen LogP contribution in [0.2, 0.25) is 0 Å². The van der Waals surface area contributed by atoms with Crippen LogP contribution in [0.4, 0.5) is 0 Å². The molecule has 0 aromatic heterocycles. The van der Waals surface area contributed by atoms with Crippen LogP contribution in [0.3, 0.4) is 0 Å². The lowest BCUT2D eigenvalue weighted by atomic mass is 9.96. The minimum atomic E-state index is -0.0203. The number of nitrogens with one attached hydrogen (secondary N) is 1. The monoisotopic (exact) mass is 247 g/mol. The largest absolute Gasteiger partial charge is 0.491 e. The predicted molar refractivity (Wildman–Crippen MR) is 72.2 cm³/mol. The smallest absolute Gasteiger partial charge is 0.179 e. The van der Waals surface area contributed by atoms with Crippen LogP contribution in [-0.2, 0) is 0 Å². The SMILES string of the molecule is CC(C)Oc1cccc(C(=O)C2CCCCN2)c1. The van der Waals surface area contributed by atoms with Crippen LogP contribution in [0.15, 0.2) is 24.3 Å². The number of ketones is 1. The van der Waals surface area contributed by atoms with E-state index in [0.717, 1.165) is 30.7 Å². The molecule has 1 aliphatic rings. The van der Waals surface area contributed by atoms with Gasteiger partial charge in [-0.3, -0.25) is 4.79 Å². The maximum Gasteiger partial charge on any atom is 0.179 e. The average Bonchev–Trinajstić information content (AvgIpc) is 2.38. The van der Waals surface area contributed by atoms with E-state index in [1.54, 1.807) is 0 Å². The summed E-state index contributed by atoms with van der Waals surface area (Å²) in [5.74, 6) is 0.954. The van der Waals surface area contributed by atoms with Crippen molar-refractivity contribution in [3.63, 3.8) is 0 Å². The first-order valence-electron chi connectivity index (χ1n) is 6.71. The highest BCUT2D eigenvalue weighted by molar-refractivity contribution is 6.00. The van der Waals surface area contributed by atoms with Crippen LogP contribution in [0.5, 0.6) is 5.75 Å². The summed E-state index contributed by atoms with van der Waals surface area (Å²) in [5, 5.41) is 3.29. The summed E-state index contributed by atoms with van der Waals surface area (Å²) in [5.41, 5.74) is 0.743. The molecule has 1 heterocycles. The maximum atomic E-state index is 12.3. The van der Waals surface area contributed by atoms with Crippen molar-refractivity contribution in [2.45, 2.75) is 45.3 Å². The zero-order chi connectivity index (χ0) is 13.0. The molecule has 3 heteroatoms. The minimum Gasteiger partial charge on any atom is -0.491 e. The average molecular weight is 247 g/mol. The van der Waals surface area contributed by atoms with Crippen molar-refractivity contribution in [1.29, 1.82) is 0 Å². The Morgan fingerprint density at radius 1 is 1.39 bits per heavy atom. The van der Waals surface area contributed by atoms with E-state index in [2.05, 4.69) is 5.32 Å². The van der Waals surface area contributed by atoms with E-state index in [-0.39, 0.29) is 17.9 Å². The molecule has 1 N–H and O–H groups in total. The minimum absolute atomic E-state index is 0.0203. The number of rotatable bonds is 4. The molecule has 98 valence electrons. The van der Waals surface area contributed by atoms with Crippen LogP contribution in [0.25, 0.3) is 0 Å². The normalized spacial score (nSPS) is 19.8. The van der Waals surface area contributed by atoms with Crippen molar-refractivity contribution < 1.29 is 9.53 Å². The number of carbonyl (C=O) groups excluding carboxylic acids is 1. The zero-order valence-electron chi connectivity index (χ0n) is 11.1. The molecule has 1 saturated heterocycles. The Kier molecular flexibility index (Phi) is 4.37. The van der Waals surface area contributed by atoms with Gasteiger partial charge in [0.1, 0.15) is 5.75 Å². The van der Waals surface area contributed by atoms with Crippen molar-refractivity contribution in [2.24, 2.45) is 0 Å². The Hall–Kier alpha value is -1.35. The molecule has 1 unspecified atom stereocenters. The molecule has 18 heavy (non-hydrogen) atoms. The Morgan fingerprint density at radius 3 is 2.89 bits per heavy atom. The highest BCUT2D eigenvalue weighted by Gasteiger charge is 2.21. The van der Waals surface area contributed by atoms with Gasteiger partial charge in [-0.15, -0.1) is 0 Å². The van der Waals surface area contributed by atoms with Gasteiger partial charge in [-0.1, -0.05) is 18.6 Å². The molecule has 1 atom stereocenters. The lowest BCUT2D eigenvalue weighted by molar-refractivity contribution is 0.0926. The maximum absolute atomic E-state index is 12.3. The van der Waals surface area contributed by atoms with E-state index in [0.29, 0.717) is 0 Å². The highest BCUT2D eigenvalue weighted by atomic mass is 16.5. The topological polar surface area (TPSA) is 38.3 Å². The lowest BCUT2D eigenvalue weighted by Crippen LogP contribution is -2.40. The molecule has 1 aliphatic heterocycles. The number of Topliss-reactive ketones (excluding diaryl/α,β-unsaturated/α-hetero) is 1. The summed E-state index contributed by atoms with van der Waals surface area (Å²) < 4.78 is 5.62. The van der Waals surface area contributed by atoms with Gasteiger partial charge >= 0.3 is 0 Å². The molecular weight excluding hydrogens is 226 g/mol. The van der Waals surface area contributed by atoms with Gasteiger partial charge in [0, 0.05) is 5.56 Å². The van der Waals surface area contributed by atoms with Crippen molar-refractivity contribution >= 4 is 5.78 Å². The van der Waals surface area contributed by atoms with Gasteiger partial charge in [0.15, 0.2) is 5.78 Å². The van der Waals surface area contributed by atoms with Crippen molar-refractivity contribution in [1.82, 2.24) is 5.32 Å². The van der Waals surface area contributed by atoms with Gasteiger partial charge in [0.05, 0.1) is 12.1 Å². The third-order valence-corrected chi connectivity index (χ3v) is 3.12. The fourth-order valence-corrected chi connectivity index (χ4v) is 2.27. The molecule has 3 nitrogen and oxygen atoms in total. The number of benzene rings is 1. The Morgan fingerprint density at radius 2 is 2.22 bits per heavy atom. The second-order valence-electron chi connectivity index (χ2n) is 5.06. The van der Waals surface area contributed by atoms with Gasteiger partial charge < -0.3 is 10.1 Å². The van der Waals surface area contributed by atoms with Crippen LogP contribution in [0.1, 0.15) is 43.5 Å². The van der Waals surface area contributed by atoms with E-state index >= 15 is 0 Å². The molecule has 0 spiro atoms. The molecular formula is C15H21NO2. The van der Waals surface area contributed by atoms with E-state index in [1.165, 1.54) is 6.42 Å². The molecule has 0 bridgehead atoms. The fourth-order valence-electron chi connectivity index (χ4n) is 2.27. The van der Waals surface area contributed by atoms with Gasteiger partial charge in [0.2, 0.25) is 0 Å². The third-order valence-electron chi connectivity index (χ3n) is 3.12. The highest BCUT2D eigenvalue weighted by Crippen LogP contribution is 2.18. The Bertz CT molecular complexity index is 409. The van der Waals surface area contributed by atoms with Gasteiger partial charge in [-0.2, -0.15) is 0 Å². The van der Waals surface area contributed by atoms with Crippen LogP contribution in [-0.4, -0.2) is 24.5 Å². The van der Waals surface area contributed by atoms with Gasteiger partial charge in [-0.05, 0) is 45.4 Å². The van der Waals surface area contributed by atoms with Crippen LogP contribution >= 0.6 is 0 Å². The molecule has 1 aromatic carbocycles. The lowest BCUT2D eigenvalue weighted by Gasteiger charge is -2.22. The summed E-state index contributed by atoms with van der Waals surface area (Å²) in [4.78, 5) is 12.3. The van der Waals surface area contributed by atoms with Crippen molar-refractivity contribution in [3.05, 3.63) is 29.8 Å². The standard InChI is InChI=1S/C15H21NO2/c1-11(2)18-13-7-5-6-12(10-13)15(17)14-8-3-4-9-16-14/h5-7,10-11,14,16H,3-4,8-9H2,1-2H3. The summed E-state index contributed by atoms with van der Waals surface area (Å²) in [6.07, 6.45) is 3.36.